The van der Waals surface area contributed by atoms with Gasteiger partial charge >= 0.3 is 0 Å². The van der Waals surface area contributed by atoms with Crippen LogP contribution in [0.15, 0.2) is 0 Å². The van der Waals surface area contributed by atoms with E-state index >= 15 is 0 Å². The van der Waals surface area contributed by atoms with Gasteiger partial charge in [0.05, 0.1) is 6.61 Å². The van der Waals surface area contributed by atoms with E-state index in [9.17, 15) is 5.11 Å². The van der Waals surface area contributed by atoms with E-state index in [0.29, 0.717) is 18.6 Å². The molecule has 0 aromatic carbocycles. The van der Waals surface area contributed by atoms with E-state index in [1.807, 2.05) is 0 Å². The lowest BCUT2D eigenvalue weighted by molar-refractivity contribution is 0.0757. The number of aliphatic hydroxyl groups is 1. The first-order chi connectivity index (χ1) is 8.26. The summed E-state index contributed by atoms with van der Waals surface area (Å²) in [5.74, 6) is 0.661. The Kier molecular flexibility index (Phi) is 4.83. The van der Waals surface area contributed by atoms with Crippen LogP contribution in [0.4, 0.5) is 0 Å². The van der Waals surface area contributed by atoms with Gasteiger partial charge in [-0.05, 0) is 32.1 Å². The maximum Gasteiger partial charge on any atom is 0.0509 e. The second-order valence-electron chi connectivity index (χ2n) is 6.01. The molecule has 1 heterocycles. The highest BCUT2D eigenvalue weighted by Crippen LogP contribution is 2.35. The average Bonchev–Trinajstić information content (AvgIpc) is 2.91. The van der Waals surface area contributed by atoms with E-state index < -0.39 is 0 Å². The van der Waals surface area contributed by atoms with Gasteiger partial charge < -0.3 is 15.2 Å². The molecule has 0 radical (unpaired) electrons. The van der Waals surface area contributed by atoms with Gasteiger partial charge in [-0.1, -0.05) is 19.3 Å². The highest BCUT2D eigenvalue weighted by atomic mass is 16.5. The topological polar surface area (TPSA) is 41.5 Å². The van der Waals surface area contributed by atoms with Crippen LogP contribution in [0, 0.1) is 11.3 Å². The summed E-state index contributed by atoms with van der Waals surface area (Å²) >= 11 is 0. The second-order valence-corrected chi connectivity index (χ2v) is 6.01. The van der Waals surface area contributed by atoms with Crippen LogP contribution in [0.25, 0.3) is 0 Å². The molecule has 0 aromatic rings. The zero-order valence-electron chi connectivity index (χ0n) is 11.1. The molecule has 2 rings (SSSR count). The van der Waals surface area contributed by atoms with Crippen LogP contribution < -0.4 is 5.32 Å². The standard InChI is InChI=1S/C14H27NO2/c1-12(13-5-8-17-9-13)15-10-14(11-16)6-3-2-4-7-14/h12-13,15-16H,2-11H2,1H3. The summed E-state index contributed by atoms with van der Waals surface area (Å²) in [6, 6.07) is 0.517. The molecule has 3 heteroatoms. The molecule has 0 amide bonds. The lowest BCUT2D eigenvalue weighted by Crippen LogP contribution is -2.44. The van der Waals surface area contributed by atoms with Crippen molar-refractivity contribution in [3.05, 3.63) is 0 Å². The Labute approximate surface area is 105 Å². The van der Waals surface area contributed by atoms with Gasteiger partial charge in [0.25, 0.3) is 0 Å². The average molecular weight is 241 g/mol. The van der Waals surface area contributed by atoms with Crippen molar-refractivity contribution in [2.75, 3.05) is 26.4 Å². The molecule has 1 saturated heterocycles. The number of rotatable bonds is 5. The summed E-state index contributed by atoms with van der Waals surface area (Å²) in [6.45, 7) is 5.39. The number of aliphatic hydroxyl groups excluding tert-OH is 1. The fraction of sp³-hybridized carbons (Fsp3) is 1.00. The van der Waals surface area contributed by atoms with Gasteiger partial charge in [-0.25, -0.2) is 0 Å². The third-order valence-corrected chi connectivity index (χ3v) is 4.72. The van der Waals surface area contributed by atoms with Crippen molar-refractivity contribution in [2.24, 2.45) is 11.3 Å². The minimum Gasteiger partial charge on any atom is -0.396 e. The fourth-order valence-electron chi connectivity index (χ4n) is 3.18. The number of nitrogens with one attached hydrogen (secondary N) is 1. The van der Waals surface area contributed by atoms with Crippen LogP contribution in [0.2, 0.25) is 0 Å². The first-order valence-electron chi connectivity index (χ1n) is 7.18. The fourth-order valence-corrected chi connectivity index (χ4v) is 3.18. The smallest absolute Gasteiger partial charge is 0.0509 e. The van der Waals surface area contributed by atoms with Crippen LogP contribution in [0.1, 0.15) is 45.4 Å². The van der Waals surface area contributed by atoms with Crippen molar-refractivity contribution < 1.29 is 9.84 Å². The summed E-state index contributed by atoms with van der Waals surface area (Å²) < 4.78 is 5.43. The molecule has 2 fully saturated rings. The monoisotopic (exact) mass is 241 g/mol. The zero-order valence-corrected chi connectivity index (χ0v) is 11.1. The molecule has 1 aliphatic heterocycles. The Morgan fingerprint density at radius 1 is 1.35 bits per heavy atom. The van der Waals surface area contributed by atoms with Gasteiger partial charge in [0.15, 0.2) is 0 Å². The lowest BCUT2D eigenvalue weighted by atomic mass is 9.74. The number of ether oxygens (including phenoxy) is 1. The van der Waals surface area contributed by atoms with Gasteiger partial charge in [0.2, 0.25) is 0 Å². The SMILES string of the molecule is CC(NCC1(CO)CCCCC1)C1CCOC1. The lowest BCUT2D eigenvalue weighted by Gasteiger charge is -2.37. The van der Waals surface area contributed by atoms with Crippen LogP contribution in [-0.4, -0.2) is 37.5 Å². The van der Waals surface area contributed by atoms with Crippen molar-refractivity contribution in [1.82, 2.24) is 5.32 Å². The van der Waals surface area contributed by atoms with Gasteiger partial charge in [-0.3, -0.25) is 0 Å². The zero-order chi connectivity index (χ0) is 12.1. The summed E-state index contributed by atoms with van der Waals surface area (Å²) in [6.07, 6.45) is 7.45. The predicted molar refractivity (Wildman–Crippen MR) is 69.0 cm³/mol. The van der Waals surface area contributed by atoms with Gasteiger partial charge in [-0.2, -0.15) is 0 Å². The minimum absolute atomic E-state index is 0.159. The molecule has 100 valence electrons. The molecule has 2 atom stereocenters. The van der Waals surface area contributed by atoms with Crippen LogP contribution in [-0.2, 0) is 4.74 Å². The molecule has 1 saturated carbocycles. The molecule has 2 aliphatic rings. The molecule has 2 N–H and O–H groups in total. The molecule has 17 heavy (non-hydrogen) atoms. The molecule has 0 spiro atoms. The predicted octanol–water partition coefficient (Wildman–Crippen LogP) is 1.94. The molecule has 0 bridgehead atoms. The summed E-state index contributed by atoms with van der Waals surface area (Å²) in [5.41, 5.74) is 0.159. The second kappa shape index (κ2) is 6.17. The van der Waals surface area contributed by atoms with Crippen molar-refractivity contribution in [3.8, 4) is 0 Å². The first-order valence-corrected chi connectivity index (χ1v) is 7.18. The van der Waals surface area contributed by atoms with Crippen molar-refractivity contribution in [1.29, 1.82) is 0 Å². The Bertz CT molecular complexity index is 220. The highest BCUT2D eigenvalue weighted by Gasteiger charge is 2.32. The van der Waals surface area contributed by atoms with Crippen LogP contribution in [0.3, 0.4) is 0 Å². The number of hydrogen-bond acceptors (Lipinski definition) is 3. The maximum atomic E-state index is 9.66. The van der Waals surface area contributed by atoms with Crippen molar-refractivity contribution in [2.45, 2.75) is 51.5 Å². The van der Waals surface area contributed by atoms with Gasteiger partial charge in [0.1, 0.15) is 0 Å². The highest BCUT2D eigenvalue weighted by molar-refractivity contribution is 4.86. The van der Waals surface area contributed by atoms with E-state index in [0.717, 1.165) is 19.8 Å². The maximum absolute atomic E-state index is 9.66. The van der Waals surface area contributed by atoms with Gasteiger partial charge in [-0.15, -0.1) is 0 Å². The summed E-state index contributed by atoms with van der Waals surface area (Å²) in [5, 5.41) is 13.3. The quantitative estimate of drug-likeness (QED) is 0.773. The molecule has 2 unspecified atom stereocenters. The third kappa shape index (κ3) is 3.43. The molecule has 0 aromatic heterocycles. The van der Waals surface area contributed by atoms with E-state index in [-0.39, 0.29) is 5.41 Å². The minimum atomic E-state index is 0.159. The summed E-state index contributed by atoms with van der Waals surface area (Å²) in [4.78, 5) is 0. The van der Waals surface area contributed by atoms with E-state index in [1.54, 1.807) is 0 Å². The normalized spacial score (nSPS) is 30.4. The first kappa shape index (κ1) is 13.3. The summed E-state index contributed by atoms with van der Waals surface area (Å²) in [7, 11) is 0. The molecular weight excluding hydrogens is 214 g/mol. The largest absolute Gasteiger partial charge is 0.396 e. The van der Waals surface area contributed by atoms with E-state index in [2.05, 4.69) is 12.2 Å². The van der Waals surface area contributed by atoms with E-state index in [4.69, 9.17) is 4.74 Å². The Hall–Kier alpha value is -0.120. The van der Waals surface area contributed by atoms with E-state index in [1.165, 1.54) is 38.5 Å². The van der Waals surface area contributed by atoms with Gasteiger partial charge in [0, 0.05) is 31.2 Å². The Morgan fingerprint density at radius 2 is 2.12 bits per heavy atom. The molecular formula is C14H27NO2. The van der Waals surface area contributed by atoms with Crippen molar-refractivity contribution in [3.63, 3.8) is 0 Å². The van der Waals surface area contributed by atoms with Crippen LogP contribution in [0.5, 0.6) is 0 Å². The molecule has 3 nitrogen and oxygen atoms in total. The van der Waals surface area contributed by atoms with Crippen LogP contribution >= 0.6 is 0 Å². The van der Waals surface area contributed by atoms with Crippen molar-refractivity contribution >= 4 is 0 Å². The Morgan fingerprint density at radius 3 is 2.71 bits per heavy atom. The molecule has 1 aliphatic carbocycles. The Balaban J connectivity index is 1.78. The third-order valence-electron chi connectivity index (χ3n) is 4.72. The number of hydrogen-bond donors (Lipinski definition) is 2.